The molecule has 0 bridgehead atoms. The molecule has 0 aliphatic heterocycles. The number of rotatable bonds is 5. The van der Waals surface area contributed by atoms with E-state index in [4.69, 9.17) is 4.74 Å². The van der Waals surface area contributed by atoms with Gasteiger partial charge in [-0.15, -0.1) is 11.3 Å². The molecule has 94 valence electrons. The van der Waals surface area contributed by atoms with Crippen molar-refractivity contribution in [1.82, 2.24) is 0 Å². The number of benzene rings is 1. The van der Waals surface area contributed by atoms with Crippen LogP contribution in [0, 0.1) is 10.1 Å². The molecule has 1 heterocycles. The van der Waals surface area contributed by atoms with Crippen molar-refractivity contribution in [3.05, 3.63) is 50.7 Å². The normalized spacial score (nSPS) is 10.1. The van der Waals surface area contributed by atoms with Gasteiger partial charge in [0.15, 0.2) is 5.75 Å². The molecule has 5 nitrogen and oxygen atoms in total. The average Bonchev–Trinajstić information content (AvgIpc) is 2.88. The van der Waals surface area contributed by atoms with E-state index in [1.54, 1.807) is 23.5 Å². The Hall–Kier alpha value is -2.08. The largest absolute Gasteiger partial charge is 0.490 e. The third-order valence-electron chi connectivity index (χ3n) is 2.42. The number of nitro benzene ring substituents is 1. The van der Waals surface area contributed by atoms with E-state index in [1.165, 1.54) is 18.1 Å². The van der Waals surface area contributed by atoms with Crippen LogP contribution in [-0.4, -0.2) is 12.0 Å². The summed E-state index contributed by atoms with van der Waals surface area (Å²) in [6.45, 7) is 0.693. The van der Waals surface area contributed by atoms with Crippen LogP contribution in [-0.2, 0) is 6.54 Å². The summed E-state index contributed by atoms with van der Waals surface area (Å²) >= 11 is 1.66. The maximum Gasteiger partial charge on any atom is 0.311 e. The molecule has 0 atom stereocenters. The van der Waals surface area contributed by atoms with Gasteiger partial charge >= 0.3 is 5.69 Å². The molecule has 1 aromatic carbocycles. The molecule has 0 amide bonds. The standard InChI is InChI=1S/C12H12N2O3S/c1-17-12-7-9(4-5-11(12)14(15)16)13-8-10-3-2-6-18-10/h2-7,13H,8H2,1H3. The van der Waals surface area contributed by atoms with Crippen LogP contribution in [0.15, 0.2) is 35.7 Å². The van der Waals surface area contributed by atoms with Gasteiger partial charge in [-0.3, -0.25) is 10.1 Å². The maximum atomic E-state index is 10.7. The van der Waals surface area contributed by atoms with Crippen molar-refractivity contribution < 1.29 is 9.66 Å². The molecule has 2 rings (SSSR count). The summed E-state index contributed by atoms with van der Waals surface area (Å²) in [6.07, 6.45) is 0. The van der Waals surface area contributed by atoms with Crippen LogP contribution in [0.2, 0.25) is 0 Å². The first-order valence-corrected chi connectivity index (χ1v) is 6.17. The Balaban J connectivity index is 2.12. The second kappa shape index (κ2) is 5.50. The van der Waals surface area contributed by atoms with E-state index in [9.17, 15) is 10.1 Å². The molecule has 0 spiro atoms. The molecule has 0 unspecified atom stereocenters. The fraction of sp³-hybridized carbons (Fsp3) is 0.167. The number of anilines is 1. The summed E-state index contributed by atoms with van der Waals surface area (Å²) in [4.78, 5) is 11.5. The number of nitro groups is 1. The molecule has 6 heteroatoms. The summed E-state index contributed by atoms with van der Waals surface area (Å²) in [5, 5.41) is 15.9. The number of hydrogen-bond acceptors (Lipinski definition) is 5. The van der Waals surface area contributed by atoms with Crippen LogP contribution in [0.1, 0.15) is 4.88 Å². The molecule has 1 N–H and O–H groups in total. The van der Waals surface area contributed by atoms with E-state index in [-0.39, 0.29) is 11.4 Å². The van der Waals surface area contributed by atoms with Crippen molar-refractivity contribution in [3.63, 3.8) is 0 Å². The lowest BCUT2D eigenvalue weighted by Crippen LogP contribution is -1.99. The van der Waals surface area contributed by atoms with Crippen LogP contribution in [0.3, 0.4) is 0 Å². The van der Waals surface area contributed by atoms with Crippen molar-refractivity contribution in [2.75, 3.05) is 12.4 Å². The van der Waals surface area contributed by atoms with E-state index in [0.717, 1.165) is 5.69 Å². The van der Waals surface area contributed by atoms with Crippen molar-refractivity contribution in [2.45, 2.75) is 6.54 Å². The highest BCUT2D eigenvalue weighted by Crippen LogP contribution is 2.29. The topological polar surface area (TPSA) is 64.4 Å². The van der Waals surface area contributed by atoms with Crippen molar-refractivity contribution in [3.8, 4) is 5.75 Å². The minimum Gasteiger partial charge on any atom is -0.490 e. The second-order valence-corrected chi connectivity index (χ2v) is 4.61. The Morgan fingerprint density at radius 1 is 1.44 bits per heavy atom. The van der Waals surface area contributed by atoms with Crippen molar-refractivity contribution >= 4 is 22.7 Å². The van der Waals surface area contributed by atoms with Crippen molar-refractivity contribution in [2.24, 2.45) is 0 Å². The van der Waals surface area contributed by atoms with Gasteiger partial charge in [-0.1, -0.05) is 6.07 Å². The van der Waals surface area contributed by atoms with Crippen LogP contribution >= 0.6 is 11.3 Å². The lowest BCUT2D eigenvalue weighted by molar-refractivity contribution is -0.385. The predicted octanol–water partition coefficient (Wildman–Crippen LogP) is 3.28. The van der Waals surface area contributed by atoms with Gasteiger partial charge in [-0.25, -0.2) is 0 Å². The maximum absolute atomic E-state index is 10.7. The van der Waals surface area contributed by atoms with Gasteiger partial charge in [0.2, 0.25) is 0 Å². The number of nitrogens with one attached hydrogen (secondary N) is 1. The fourth-order valence-corrected chi connectivity index (χ4v) is 2.19. The van der Waals surface area contributed by atoms with Gasteiger partial charge < -0.3 is 10.1 Å². The minimum absolute atomic E-state index is 0.0285. The Kier molecular flexibility index (Phi) is 3.78. The van der Waals surface area contributed by atoms with E-state index < -0.39 is 4.92 Å². The molecular formula is C12H12N2O3S. The first kappa shape index (κ1) is 12.4. The molecule has 0 saturated carbocycles. The number of hydrogen-bond donors (Lipinski definition) is 1. The third kappa shape index (κ3) is 2.78. The van der Waals surface area contributed by atoms with E-state index in [1.807, 2.05) is 17.5 Å². The molecular weight excluding hydrogens is 252 g/mol. The third-order valence-corrected chi connectivity index (χ3v) is 3.30. The summed E-state index contributed by atoms with van der Waals surface area (Å²) in [5.41, 5.74) is 0.769. The van der Waals surface area contributed by atoms with E-state index in [2.05, 4.69) is 5.32 Å². The molecule has 0 radical (unpaired) electrons. The zero-order valence-corrected chi connectivity index (χ0v) is 10.6. The molecule has 0 saturated heterocycles. The lowest BCUT2D eigenvalue weighted by atomic mass is 10.2. The first-order chi connectivity index (χ1) is 8.70. The monoisotopic (exact) mass is 264 g/mol. The Morgan fingerprint density at radius 2 is 2.28 bits per heavy atom. The van der Waals surface area contributed by atoms with E-state index in [0.29, 0.717) is 6.54 Å². The Labute approximate surface area is 108 Å². The highest BCUT2D eigenvalue weighted by Gasteiger charge is 2.14. The zero-order valence-electron chi connectivity index (χ0n) is 9.75. The highest BCUT2D eigenvalue weighted by atomic mass is 32.1. The molecule has 0 aliphatic rings. The van der Waals surface area contributed by atoms with Gasteiger partial charge in [0.05, 0.1) is 12.0 Å². The first-order valence-electron chi connectivity index (χ1n) is 5.29. The summed E-state index contributed by atoms with van der Waals surface area (Å²) < 4.78 is 5.01. The molecule has 1 aromatic heterocycles. The number of ether oxygens (including phenoxy) is 1. The van der Waals surface area contributed by atoms with Crippen LogP contribution in [0.25, 0.3) is 0 Å². The van der Waals surface area contributed by atoms with Crippen LogP contribution in [0.5, 0.6) is 5.75 Å². The van der Waals surface area contributed by atoms with Crippen LogP contribution < -0.4 is 10.1 Å². The highest BCUT2D eigenvalue weighted by molar-refractivity contribution is 7.09. The van der Waals surface area contributed by atoms with Gasteiger partial charge in [0.25, 0.3) is 0 Å². The van der Waals surface area contributed by atoms with Gasteiger partial charge in [0, 0.05) is 29.2 Å². The smallest absolute Gasteiger partial charge is 0.311 e. The van der Waals surface area contributed by atoms with Crippen LogP contribution in [0.4, 0.5) is 11.4 Å². The lowest BCUT2D eigenvalue weighted by Gasteiger charge is -2.07. The van der Waals surface area contributed by atoms with Gasteiger partial charge in [0.1, 0.15) is 0 Å². The molecule has 0 fully saturated rings. The average molecular weight is 264 g/mol. The van der Waals surface area contributed by atoms with Gasteiger partial charge in [-0.05, 0) is 17.5 Å². The summed E-state index contributed by atoms with van der Waals surface area (Å²) in [6, 6.07) is 8.76. The molecule has 18 heavy (non-hydrogen) atoms. The minimum atomic E-state index is -0.456. The Bertz CT molecular complexity index is 540. The number of thiophene rings is 1. The summed E-state index contributed by atoms with van der Waals surface area (Å²) in [5.74, 6) is 0.260. The molecule has 2 aromatic rings. The second-order valence-electron chi connectivity index (χ2n) is 3.58. The van der Waals surface area contributed by atoms with Gasteiger partial charge in [-0.2, -0.15) is 0 Å². The van der Waals surface area contributed by atoms with E-state index >= 15 is 0 Å². The van der Waals surface area contributed by atoms with Crippen molar-refractivity contribution in [1.29, 1.82) is 0 Å². The quantitative estimate of drug-likeness (QED) is 0.665. The Morgan fingerprint density at radius 3 is 2.89 bits per heavy atom. The fourth-order valence-electron chi connectivity index (χ4n) is 1.54. The number of methoxy groups -OCH3 is 1. The summed E-state index contributed by atoms with van der Waals surface area (Å²) in [7, 11) is 1.42. The zero-order chi connectivity index (χ0) is 13.0. The predicted molar refractivity (Wildman–Crippen MR) is 71.3 cm³/mol. The molecule has 0 aliphatic carbocycles. The SMILES string of the molecule is COc1cc(NCc2cccs2)ccc1[N+](=O)[O-]. The number of nitrogens with zero attached hydrogens (tertiary/aromatic N) is 1.